The van der Waals surface area contributed by atoms with Gasteiger partial charge in [-0.2, -0.15) is 0 Å². The van der Waals surface area contributed by atoms with E-state index in [1.807, 2.05) is 47.4 Å². The second kappa shape index (κ2) is 9.08. The number of methoxy groups -OCH3 is 1. The predicted molar refractivity (Wildman–Crippen MR) is 133 cm³/mol. The number of urea groups is 1. The highest BCUT2D eigenvalue weighted by Crippen LogP contribution is 2.37. The SMILES string of the molecule is COc1cccc(NC(=O)N2Cc3ccccc3-n3cccc3C2c2ccc(SC)cc2)c1. The first-order chi connectivity index (χ1) is 16.2. The molecule has 0 spiro atoms. The molecule has 0 saturated carbocycles. The van der Waals surface area contributed by atoms with Gasteiger partial charge in [-0.1, -0.05) is 36.4 Å². The minimum Gasteiger partial charge on any atom is -0.497 e. The lowest BCUT2D eigenvalue weighted by Gasteiger charge is -2.31. The quantitative estimate of drug-likeness (QED) is 0.365. The van der Waals surface area contributed by atoms with Crippen molar-refractivity contribution in [1.29, 1.82) is 0 Å². The number of carbonyl (C=O) groups is 1. The number of ether oxygens (including phenoxy) is 1. The summed E-state index contributed by atoms with van der Waals surface area (Å²) in [5.41, 5.74) is 5.02. The number of carbonyl (C=O) groups excluding carboxylic acids is 1. The zero-order chi connectivity index (χ0) is 22.8. The van der Waals surface area contributed by atoms with Gasteiger partial charge in [0.1, 0.15) is 5.75 Å². The van der Waals surface area contributed by atoms with Gasteiger partial charge in [0.05, 0.1) is 25.4 Å². The molecule has 1 unspecified atom stereocenters. The summed E-state index contributed by atoms with van der Waals surface area (Å²) in [6, 6.07) is 27.9. The van der Waals surface area contributed by atoms with Gasteiger partial charge in [-0.05, 0) is 59.8 Å². The van der Waals surface area contributed by atoms with E-state index < -0.39 is 0 Å². The Morgan fingerprint density at radius 2 is 1.82 bits per heavy atom. The average molecular weight is 456 g/mol. The first kappa shape index (κ1) is 21.2. The number of amides is 2. The summed E-state index contributed by atoms with van der Waals surface area (Å²) in [6.45, 7) is 0.489. The maximum atomic E-state index is 13.7. The number of fused-ring (bicyclic) bond motifs is 3. The Morgan fingerprint density at radius 3 is 2.61 bits per heavy atom. The van der Waals surface area contributed by atoms with Gasteiger partial charge in [0.2, 0.25) is 0 Å². The van der Waals surface area contributed by atoms with Crippen molar-refractivity contribution < 1.29 is 9.53 Å². The van der Waals surface area contributed by atoms with Crippen molar-refractivity contribution in [2.24, 2.45) is 0 Å². The van der Waals surface area contributed by atoms with E-state index in [1.54, 1.807) is 18.9 Å². The lowest BCUT2D eigenvalue weighted by molar-refractivity contribution is 0.194. The van der Waals surface area contributed by atoms with E-state index in [0.29, 0.717) is 18.0 Å². The van der Waals surface area contributed by atoms with Gasteiger partial charge in [-0.3, -0.25) is 0 Å². The Morgan fingerprint density at radius 1 is 1.00 bits per heavy atom. The van der Waals surface area contributed by atoms with Crippen LogP contribution in [0, 0.1) is 0 Å². The second-order valence-electron chi connectivity index (χ2n) is 7.90. The van der Waals surface area contributed by atoms with E-state index in [-0.39, 0.29) is 12.1 Å². The largest absolute Gasteiger partial charge is 0.497 e. The molecule has 4 aromatic rings. The van der Waals surface area contributed by atoms with E-state index in [0.717, 1.165) is 22.5 Å². The molecular weight excluding hydrogens is 430 g/mol. The van der Waals surface area contributed by atoms with E-state index in [1.165, 1.54) is 4.90 Å². The van der Waals surface area contributed by atoms with Crippen LogP contribution in [0.5, 0.6) is 5.75 Å². The molecule has 1 N–H and O–H groups in total. The number of aromatic nitrogens is 1. The van der Waals surface area contributed by atoms with Crippen molar-refractivity contribution in [1.82, 2.24) is 9.47 Å². The van der Waals surface area contributed by atoms with Gasteiger partial charge in [0.15, 0.2) is 0 Å². The number of hydrogen-bond acceptors (Lipinski definition) is 3. The second-order valence-corrected chi connectivity index (χ2v) is 8.78. The molecule has 33 heavy (non-hydrogen) atoms. The van der Waals surface area contributed by atoms with Gasteiger partial charge in [0, 0.05) is 28.5 Å². The first-order valence-corrected chi connectivity index (χ1v) is 12.0. The predicted octanol–water partition coefficient (Wildman–Crippen LogP) is 6.34. The van der Waals surface area contributed by atoms with Crippen molar-refractivity contribution in [3.8, 4) is 11.4 Å². The summed E-state index contributed by atoms with van der Waals surface area (Å²) in [7, 11) is 1.62. The van der Waals surface area contributed by atoms with E-state index >= 15 is 0 Å². The molecule has 166 valence electrons. The van der Waals surface area contributed by atoms with Crippen LogP contribution in [0.2, 0.25) is 0 Å². The Hall–Kier alpha value is -3.64. The number of thioether (sulfide) groups is 1. The highest BCUT2D eigenvalue weighted by molar-refractivity contribution is 7.98. The first-order valence-electron chi connectivity index (χ1n) is 10.8. The molecule has 1 aliphatic heterocycles. The topological polar surface area (TPSA) is 46.5 Å². The van der Waals surface area contributed by atoms with Gasteiger partial charge in [0.25, 0.3) is 0 Å². The van der Waals surface area contributed by atoms with E-state index in [9.17, 15) is 4.79 Å². The number of nitrogens with zero attached hydrogens (tertiary/aromatic N) is 2. The van der Waals surface area contributed by atoms with Crippen molar-refractivity contribution >= 4 is 23.5 Å². The summed E-state index contributed by atoms with van der Waals surface area (Å²) in [4.78, 5) is 16.8. The molecule has 2 amide bonds. The number of nitrogens with one attached hydrogen (secondary N) is 1. The molecule has 1 aliphatic rings. The number of hydrogen-bond donors (Lipinski definition) is 1. The fraction of sp³-hybridized carbons (Fsp3) is 0.148. The standard InChI is InChI=1S/C27H25N3O2S/c1-32-22-9-5-8-21(17-22)28-27(31)30-18-20-7-3-4-10-24(20)29-16-6-11-25(29)26(30)19-12-14-23(33-2)15-13-19/h3-17,26H,18H2,1-2H3,(H,28,31). The minimum absolute atomic E-state index is 0.161. The Bertz CT molecular complexity index is 1280. The van der Waals surface area contributed by atoms with Gasteiger partial charge in [-0.15, -0.1) is 11.8 Å². The highest BCUT2D eigenvalue weighted by atomic mass is 32.2. The van der Waals surface area contributed by atoms with Crippen LogP contribution < -0.4 is 10.1 Å². The van der Waals surface area contributed by atoms with Crippen LogP contribution >= 0.6 is 11.8 Å². The number of anilines is 1. The van der Waals surface area contributed by atoms with Crippen molar-refractivity contribution in [3.05, 3.63) is 108 Å². The lowest BCUT2D eigenvalue weighted by Crippen LogP contribution is -2.37. The van der Waals surface area contributed by atoms with Crippen molar-refractivity contribution in [3.63, 3.8) is 0 Å². The van der Waals surface area contributed by atoms with Crippen LogP contribution in [0.25, 0.3) is 5.69 Å². The van der Waals surface area contributed by atoms with Crippen LogP contribution in [0.1, 0.15) is 22.9 Å². The van der Waals surface area contributed by atoms with Crippen LogP contribution in [0.3, 0.4) is 0 Å². The molecular formula is C27H25N3O2S. The molecule has 1 atom stereocenters. The highest BCUT2D eigenvalue weighted by Gasteiger charge is 2.33. The van der Waals surface area contributed by atoms with Crippen molar-refractivity contribution in [2.45, 2.75) is 17.5 Å². The monoisotopic (exact) mass is 455 g/mol. The summed E-state index contributed by atoms with van der Waals surface area (Å²) in [5.74, 6) is 0.701. The fourth-order valence-electron chi connectivity index (χ4n) is 4.37. The lowest BCUT2D eigenvalue weighted by atomic mass is 10.0. The minimum atomic E-state index is -0.242. The van der Waals surface area contributed by atoms with Crippen LogP contribution in [-0.4, -0.2) is 28.9 Å². The van der Waals surface area contributed by atoms with E-state index in [4.69, 9.17) is 4.74 Å². The number of benzene rings is 3. The summed E-state index contributed by atoms with van der Waals surface area (Å²) >= 11 is 1.71. The van der Waals surface area contributed by atoms with Crippen molar-refractivity contribution in [2.75, 3.05) is 18.7 Å². The normalized spacial score (nSPS) is 14.7. The molecule has 0 fully saturated rings. The number of rotatable bonds is 4. The fourth-order valence-corrected chi connectivity index (χ4v) is 4.78. The van der Waals surface area contributed by atoms with Gasteiger partial charge >= 0.3 is 6.03 Å². The van der Waals surface area contributed by atoms with Gasteiger partial charge < -0.3 is 19.5 Å². The molecule has 5 nitrogen and oxygen atoms in total. The molecule has 0 saturated heterocycles. The molecule has 0 aliphatic carbocycles. The third kappa shape index (κ3) is 4.10. The molecule has 1 aromatic heterocycles. The van der Waals surface area contributed by atoms with Crippen LogP contribution in [0.4, 0.5) is 10.5 Å². The summed E-state index contributed by atoms with van der Waals surface area (Å²) in [5, 5.41) is 3.08. The van der Waals surface area contributed by atoms with E-state index in [2.05, 4.69) is 64.8 Å². The van der Waals surface area contributed by atoms with Crippen LogP contribution in [-0.2, 0) is 6.54 Å². The maximum absolute atomic E-state index is 13.7. The Labute approximate surface area is 198 Å². The molecule has 0 radical (unpaired) electrons. The third-order valence-corrected chi connectivity index (χ3v) is 6.72. The number of para-hydroxylation sites is 1. The average Bonchev–Trinajstić information content (AvgIpc) is 3.28. The smallest absolute Gasteiger partial charge is 0.322 e. The summed E-state index contributed by atoms with van der Waals surface area (Å²) < 4.78 is 7.52. The molecule has 0 bridgehead atoms. The Kier molecular flexibility index (Phi) is 5.84. The summed E-state index contributed by atoms with van der Waals surface area (Å²) in [6.07, 6.45) is 4.14. The third-order valence-electron chi connectivity index (χ3n) is 5.98. The molecule has 3 aromatic carbocycles. The molecule has 5 rings (SSSR count). The molecule has 2 heterocycles. The van der Waals surface area contributed by atoms with Gasteiger partial charge in [-0.25, -0.2) is 4.79 Å². The maximum Gasteiger partial charge on any atom is 0.322 e. The zero-order valence-corrected chi connectivity index (χ0v) is 19.4. The van der Waals surface area contributed by atoms with Crippen LogP contribution in [0.15, 0.2) is 96.0 Å². The Balaban J connectivity index is 1.60. The molecule has 6 heteroatoms. The zero-order valence-electron chi connectivity index (χ0n) is 18.6.